The average Bonchev–Trinajstić information content (AvgIpc) is 2.84. The first-order valence-electron chi connectivity index (χ1n) is 13.1. The van der Waals surface area contributed by atoms with Crippen molar-refractivity contribution in [2.45, 2.75) is 71.0 Å². The number of piperidine rings is 1. The molecule has 1 atom stereocenters. The van der Waals surface area contributed by atoms with Crippen molar-refractivity contribution in [3.8, 4) is 16.9 Å². The molecule has 4 rings (SSSR count). The molecule has 2 aliphatic rings. The predicted molar refractivity (Wildman–Crippen MR) is 146 cm³/mol. The third-order valence-corrected chi connectivity index (χ3v) is 7.45. The zero-order valence-electron chi connectivity index (χ0n) is 21.7. The normalized spacial score (nSPS) is 19.9. The molecule has 2 heterocycles. The van der Waals surface area contributed by atoms with Gasteiger partial charge >= 0.3 is 0 Å². The summed E-state index contributed by atoms with van der Waals surface area (Å²) < 4.78 is 0. The Morgan fingerprint density at radius 2 is 1.72 bits per heavy atom. The lowest BCUT2D eigenvalue weighted by atomic mass is 9.80. The molecule has 2 aliphatic heterocycles. The van der Waals surface area contributed by atoms with Crippen molar-refractivity contribution in [3.63, 3.8) is 0 Å². The van der Waals surface area contributed by atoms with Crippen molar-refractivity contribution in [3.05, 3.63) is 54.1 Å². The van der Waals surface area contributed by atoms with Gasteiger partial charge in [-0.15, -0.1) is 12.4 Å². The maximum Gasteiger partial charge on any atom is 0.246 e. The number of hydrogen-bond donors (Lipinski definition) is 2. The largest absolute Gasteiger partial charge is 0.508 e. The van der Waals surface area contributed by atoms with Crippen molar-refractivity contribution in [2.75, 3.05) is 19.6 Å². The molecule has 2 aromatic carbocycles. The van der Waals surface area contributed by atoms with Gasteiger partial charge in [-0.3, -0.25) is 14.5 Å². The first-order chi connectivity index (χ1) is 16.8. The molecular formula is C29H40ClN3O3. The highest BCUT2D eigenvalue weighted by Gasteiger charge is 2.53. The van der Waals surface area contributed by atoms with E-state index < -0.39 is 11.6 Å². The van der Waals surface area contributed by atoms with Crippen LogP contribution in [0.1, 0.15) is 58.4 Å². The summed E-state index contributed by atoms with van der Waals surface area (Å²) in [6, 6.07) is 15.3. The van der Waals surface area contributed by atoms with E-state index in [1.807, 2.05) is 17.0 Å². The van der Waals surface area contributed by atoms with Crippen LogP contribution < -0.4 is 5.32 Å². The summed E-state index contributed by atoms with van der Waals surface area (Å²) in [5, 5.41) is 12.9. The molecule has 0 saturated carbocycles. The second kappa shape index (κ2) is 12.1. The number of phenols is 1. The first kappa shape index (κ1) is 28.0. The minimum Gasteiger partial charge on any atom is -0.508 e. The van der Waals surface area contributed by atoms with Crippen molar-refractivity contribution in [1.29, 1.82) is 0 Å². The lowest BCUT2D eigenvalue weighted by Gasteiger charge is -2.52. The summed E-state index contributed by atoms with van der Waals surface area (Å²) in [6.07, 6.45) is 3.92. The van der Waals surface area contributed by atoms with Crippen molar-refractivity contribution < 1.29 is 14.7 Å². The fourth-order valence-corrected chi connectivity index (χ4v) is 5.52. The van der Waals surface area contributed by atoms with E-state index in [-0.39, 0.29) is 30.0 Å². The number of aromatic hydroxyl groups is 1. The van der Waals surface area contributed by atoms with Crippen LogP contribution in [0.2, 0.25) is 0 Å². The number of nitrogens with zero attached hydrogens (tertiary/aromatic N) is 2. The minimum absolute atomic E-state index is 0. The second-order valence-corrected chi connectivity index (χ2v) is 10.6. The van der Waals surface area contributed by atoms with E-state index in [0.717, 1.165) is 43.6 Å². The molecule has 0 unspecified atom stereocenters. The number of nitrogens with one attached hydrogen (secondary N) is 1. The number of phenolic OH excluding ortho intramolecular Hbond substituents is 1. The van der Waals surface area contributed by atoms with Crippen molar-refractivity contribution in [1.82, 2.24) is 15.1 Å². The third-order valence-electron chi connectivity index (χ3n) is 7.45. The molecule has 0 aromatic heterocycles. The number of carbonyl (C=O) groups is 2. The zero-order valence-corrected chi connectivity index (χ0v) is 22.5. The van der Waals surface area contributed by atoms with Gasteiger partial charge in [-0.1, -0.05) is 57.5 Å². The van der Waals surface area contributed by atoms with Gasteiger partial charge in [0.05, 0.1) is 0 Å². The molecule has 0 bridgehead atoms. The van der Waals surface area contributed by atoms with Gasteiger partial charge in [0.1, 0.15) is 17.3 Å². The monoisotopic (exact) mass is 513 g/mol. The molecule has 0 radical (unpaired) electrons. The standard InChI is InChI=1S/C29H39N3O3.ClH/c1-4-5-14-32-27(34)26(17-21(2)3)30-28(35)29(32)12-15-31(16-13-29)20-22-8-6-9-23(18-22)24-10-7-11-25(33)19-24;/h6-11,18-19,21,26,33H,4-5,12-17,20H2,1-3H3,(H,30,35);1H/t26-;/m0./s1. The van der Waals surface area contributed by atoms with Gasteiger partial charge in [0, 0.05) is 26.2 Å². The van der Waals surface area contributed by atoms with Crippen LogP contribution in [0.3, 0.4) is 0 Å². The molecule has 1 spiro atoms. The molecule has 2 saturated heterocycles. The van der Waals surface area contributed by atoms with E-state index in [0.29, 0.717) is 31.7 Å². The van der Waals surface area contributed by atoms with Crippen LogP contribution in [-0.2, 0) is 16.1 Å². The van der Waals surface area contributed by atoms with Gasteiger partial charge in [-0.25, -0.2) is 0 Å². The summed E-state index contributed by atoms with van der Waals surface area (Å²) in [5.41, 5.74) is 2.54. The van der Waals surface area contributed by atoms with Gasteiger partial charge in [-0.05, 0) is 66.5 Å². The topological polar surface area (TPSA) is 72.9 Å². The number of benzene rings is 2. The number of piperazine rings is 1. The summed E-state index contributed by atoms with van der Waals surface area (Å²) in [6.45, 7) is 9.30. The van der Waals surface area contributed by atoms with Crippen LogP contribution in [0.4, 0.5) is 0 Å². The third kappa shape index (κ3) is 6.04. The molecule has 7 heteroatoms. The highest BCUT2D eigenvalue weighted by Crippen LogP contribution is 2.35. The van der Waals surface area contributed by atoms with E-state index in [2.05, 4.69) is 55.3 Å². The highest BCUT2D eigenvalue weighted by molar-refractivity contribution is 6.00. The number of rotatable bonds is 8. The maximum atomic E-state index is 13.4. The van der Waals surface area contributed by atoms with Crippen LogP contribution >= 0.6 is 12.4 Å². The van der Waals surface area contributed by atoms with Crippen LogP contribution in [0.5, 0.6) is 5.75 Å². The average molecular weight is 514 g/mol. The molecule has 6 nitrogen and oxygen atoms in total. The Hall–Kier alpha value is -2.57. The summed E-state index contributed by atoms with van der Waals surface area (Å²) in [5.74, 6) is 0.741. The highest BCUT2D eigenvalue weighted by atomic mass is 35.5. The predicted octanol–water partition coefficient (Wildman–Crippen LogP) is 4.99. The van der Waals surface area contributed by atoms with Crippen LogP contribution in [-0.4, -0.2) is 57.9 Å². The van der Waals surface area contributed by atoms with E-state index in [1.165, 1.54) is 5.56 Å². The fraction of sp³-hybridized carbons (Fsp3) is 0.517. The van der Waals surface area contributed by atoms with Gasteiger partial charge in [0.25, 0.3) is 0 Å². The Morgan fingerprint density at radius 3 is 2.36 bits per heavy atom. The van der Waals surface area contributed by atoms with Gasteiger partial charge < -0.3 is 15.3 Å². The molecular weight excluding hydrogens is 474 g/mol. The lowest BCUT2D eigenvalue weighted by molar-refractivity contribution is -0.161. The molecule has 2 fully saturated rings. The molecule has 36 heavy (non-hydrogen) atoms. The van der Waals surface area contributed by atoms with Crippen LogP contribution in [0.25, 0.3) is 11.1 Å². The molecule has 196 valence electrons. The zero-order chi connectivity index (χ0) is 25.0. The molecule has 2 amide bonds. The van der Waals surface area contributed by atoms with Crippen LogP contribution in [0.15, 0.2) is 48.5 Å². The van der Waals surface area contributed by atoms with E-state index in [4.69, 9.17) is 0 Å². The molecule has 0 aliphatic carbocycles. The summed E-state index contributed by atoms with van der Waals surface area (Å²) in [4.78, 5) is 31.2. The first-order valence-corrected chi connectivity index (χ1v) is 13.1. The molecule has 2 N–H and O–H groups in total. The minimum atomic E-state index is -0.723. The van der Waals surface area contributed by atoms with E-state index >= 15 is 0 Å². The van der Waals surface area contributed by atoms with E-state index in [1.54, 1.807) is 12.1 Å². The Kier molecular flexibility index (Phi) is 9.42. The van der Waals surface area contributed by atoms with Gasteiger partial charge in [0.15, 0.2) is 0 Å². The van der Waals surface area contributed by atoms with Gasteiger partial charge in [-0.2, -0.15) is 0 Å². The summed E-state index contributed by atoms with van der Waals surface area (Å²) in [7, 11) is 0. The SMILES string of the molecule is CCCCN1C(=O)[C@H](CC(C)C)NC(=O)C12CCN(Cc1cccc(-c3cccc(O)c3)c1)CC2.Cl. The lowest BCUT2D eigenvalue weighted by Crippen LogP contribution is -2.73. The number of hydrogen-bond acceptors (Lipinski definition) is 4. The maximum absolute atomic E-state index is 13.4. The smallest absolute Gasteiger partial charge is 0.246 e. The summed E-state index contributed by atoms with van der Waals surface area (Å²) >= 11 is 0. The Balaban J connectivity index is 0.00000361. The number of likely N-dealkylation sites (tertiary alicyclic amines) is 1. The number of unbranched alkanes of at least 4 members (excludes halogenated alkanes) is 1. The Labute approximate surface area is 221 Å². The van der Waals surface area contributed by atoms with E-state index in [9.17, 15) is 14.7 Å². The second-order valence-electron chi connectivity index (χ2n) is 10.6. The van der Waals surface area contributed by atoms with Gasteiger partial charge in [0.2, 0.25) is 11.8 Å². The number of carbonyl (C=O) groups excluding carboxylic acids is 2. The quantitative estimate of drug-likeness (QED) is 0.521. The van der Waals surface area contributed by atoms with Crippen LogP contribution in [0, 0.1) is 5.92 Å². The Bertz CT molecular complexity index is 1050. The number of amides is 2. The number of halogens is 1. The van der Waals surface area contributed by atoms with Crippen molar-refractivity contribution in [2.24, 2.45) is 5.92 Å². The van der Waals surface area contributed by atoms with Crippen molar-refractivity contribution >= 4 is 24.2 Å². The molecule has 2 aromatic rings. The Morgan fingerprint density at radius 1 is 1.06 bits per heavy atom. The fourth-order valence-electron chi connectivity index (χ4n) is 5.52.